The second-order valence-electron chi connectivity index (χ2n) is 4.59. The fourth-order valence-electron chi connectivity index (χ4n) is 1.94. The number of nitriles is 1. The molecule has 0 unspecified atom stereocenters. The number of nitrogens with one attached hydrogen (secondary N) is 1. The Morgan fingerprint density at radius 2 is 2.29 bits per heavy atom. The number of amides is 1. The molecule has 0 aromatic carbocycles. The third kappa shape index (κ3) is 5.04. The van der Waals surface area contributed by atoms with Gasteiger partial charge in [-0.3, -0.25) is 9.78 Å². The van der Waals surface area contributed by atoms with Gasteiger partial charge in [-0.25, -0.2) is 0 Å². The summed E-state index contributed by atoms with van der Waals surface area (Å²) in [5, 5.41) is 11.9. The van der Waals surface area contributed by atoms with Crippen LogP contribution in [0.4, 0.5) is 5.69 Å². The molecule has 0 radical (unpaired) electrons. The number of hydrogen-bond donors (Lipinski definition) is 1. The SMILES string of the molecule is CCNc1cc(C)ncc1C(=O)N(CCC#N)CCOC. The number of methoxy groups -OCH3 is 1. The van der Waals surface area contributed by atoms with Gasteiger partial charge in [0.25, 0.3) is 5.91 Å². The lowest BCUT2D eigenvalue weighted by molar-refractivity contribution is 0.0700. The molecule has 6 nitrogen and oxygen atoms in total. The molecule has 1 heterocycles. The van der Waals surface area contributed by atoms with E-state index in [1.165, 1.54) is 0 Å². The summed E-state index contributed by atoms with van der Waals surface area (Å²) in [5.41, 5.74) is 2.15. The molecular weight excluding hydrogens is 268 g/mol. The van der Waals surface area contributed by atoms with Crippen LogP contribution in [-0.2, 0) is 4.74 Å². The Balaban J connectivity index is 2.98. The highest BCUT2D eigenvalue weighted by Crippen LogP contribution is 2.18. The van der Waals surface area contributed by atoms with Gasteiger partial charge >= 0.3 is 0 Å². The fourth-order valence-corrected chi connectivity index (χ4v) is 1.94. The highest BCUT2D eigenvalue weighted by atomic mass is 16.5. The number of aryl methyl sites for hydroxylation is 1. The monoisotopic (exact) mass is 290 g/mol. The van der Waals surface area contributed by atoms with Crippen molar-refractivity contribution in [3.63, 3.8) is 0 Å². The van der Waals surface area contributed by atoms with Crippen LogP contribution in [0.2, 0.25) is 0 Å². The minimum Gasteiger partial charge on any atom is -0.385 e. The number of carbonyl (C=O) groups excluding carboxylic acids is 1. The second-order valence-corrected chi connectivity index (χ2v) is 4.59. The van der Waals surface area contributed by atoms with Gasteiger partial charge in [-0.1, -0.05) is 0 Å². The van der Waals surface area contributed by atoms with Crippen LogP contribution in [0, 0.1) is 18.3 Å². The maximum Gasteiger partial charge on any atom is 0.257 e. The van der Waals surface area contributed by atoms with Crippen LogP contribution in [-0.4, -0.2) is 49.1 Å². The van der Waals surface area contributed by atoms with Crippen LogP contribution in [0.3, 0.4) is 0 Å². The summed E-state index contributed by atoms with van der Waals surface area (Å²) < 4.78 is 5.03. The molecule has 0 saturated heterocycles. The minimum absolute atomic E-state index is 0.134. The number of ether oxygens (including phenoxy) is 1. The Morgan fingerprint density at radius 1 is 1.52 bits per heavy atom. The van der Waals surface area contributed by atoms with Gasteiger partial charge in [0.1, 0.15) is 0 Å². The van der Waals surface area contributed by atoms with Gasteiger partial charge in [0.15, 0.2) is 0 Å². The summed E-state index contributed by atoms with van der Waals surface area (Å²) in [7, 11) is 1.59. The lowest BCUT2D eigenvalue weighted by Gasteiger charge is -2.22. The number of rotatable bonds is 8. The lowest BCUT2D eigenvalue weighted by atomic mass is 10.1. The van der Waals surface area contributed by atoms with E-state index in [9.17, 15) is 4.79 Å². The average Bonchev–Trinajstić information content (AvgIpc) is 2.47. The highest BCUT2D eigenvalue weighted by Gasteiger charge is 2.19. The van der Waals surface area contributed by atoms with Crippen molar-refractivity contribution < 1.29 is 9.53 Å². The number of nitrogens with zero attached hydrogens (tertiary/aromatic N) is 3. The van der Waals surface area contributed by atoms with Crippen molar-refractivity contribution in [1.82, 2.24) is 9.88 Å². The first-order valence-electron chi connectivity index (χ1n) is 6.99. The lowest BCUT2D eigenvalue weighted by Crippen LogP contribution is -2.35. The largest absolute Gasteiger partial charge is 0.385 e. The zero-order valence-corrected chi connectivity index (χ0v) is 12.8. The average molecular weight is 290 g/mol. The van der Waals surface area contributed by atoms with E-state index in [0.29, 0.717) is 31.7 Å². The van der Waals surface area contributed by atoms with Crippen LogP contribution in [0.5, 0.6) is 0 Å². The summed E-state index contributed by atoms with van der Waals surface area (Å²) in [6.45, 7) is 5.86. The zero-order valence-electron chi connectivity index (χ0n) is 12.8. The van der Waals surface area contributed by atoms with E-state index >= 15 is 0 Å². The van der Waals surface area contributed by atoms with Gasteiger partial charge < -0.3 is 15.0 Å². The first-order chi connectivity index (χ1) is 10.1. The van der Waals surface area contributed by atoms with Gasteiger partial charge in [-0.15, -0.1) is 0 Å². The van der Waals surface area contributed by atoms with E-state index < -0.39 is 0 Å². The maximum atomic E-state index is 12.6. The van der Waals surface area contributed by atoms with E-state index in [1.807, 2.05) is 19.9 Å². The first-order valence-corrected chi connectivity index (χ1v) is 6.99. The van der Waals surface area contributed by atoms with E-state index in [0.717, 1.165) is 17.9 Å². The standard InChI is InChI=1S/C15H22N4O2/c1-4-17-14-10-12(2)18-11-13(14)15(20)19(7-5-6-16)8-9-21-3/h10-11H,4-5,7-9H2,1-3H3,(H,17,18). The fraction of sp³-hybridized carbons (Fsp3) is 0.533. The molecule has 0 bridgehead atoms. The van der Waals surface area contributed by atoms with Gasteiger partial charge in [0.2, 0.25) is 0 Å². The number of carbonyl (C=O) groups is 1. The predicted octanol–water partition coefficient (Wildman–Crippen LogP) is 1.82. The summed E-state index contributed by atoms with van der Waals surface area (Å²) in [4.78, 5) is 18.5. The molecule has 1 aromatic rings. The van der Waals surface area contributed by atoms with E-state index in [1.54, 1.807) is 18.2 Å². The minimum atomic E-state index is -0.134. The van der Waals surface area contributed by atoms with Gasteiger partial charge in [0.05, 0.1) is 30.3 Å². The van der Waals surface area contributed by atoms with Crippen LogP contribution >= 0.6 is 0 Å². The molecule has 0 fully saturated rings. The van der Waals surface area contributed by atoms with Crippen molar-refractivity contribution in [2.45, 2.75) is 20.3 Å². The Bertz CT molecular complexity index is 511. The molecule has 1 aromatic heterocycles. The van der Waals surface area contributed by atoms with Crippen LogP contribution in [0.25, 0.3) is 0 Å². The molecule has 0 atom stereocenters. The Kier molecular flexibility index (Phi) is 7.19. The van der Waals surface area contributed by atoms with Crippen LogP contribution in [0.1, 0.15) is 29.4 Å². The molecule has 1 amide bonds. The Morgan fingerprint density at radius 3 is 2.90 bits per heavy atom. The number of hydrogen-bond acceptors (Lipinski definition) is 5. The summed E-state index contributed by atoms with van der Waals surface area (Å²) in [6, 6.07) is 3.92. The van der Waals surface area contributed by atoms with E-state index in [4.69, 9.17) is 10.00 Å². The van der Waals surface area contributed by atoms with Crippen LogP contribution < -0.4 is 5.32 Å². The molecule has 114 valence electrons. The number of pyridine rings is 1. The van der Waals surface area contributed by atoms with Crippen molar-refractivity contribution in [2.24, 2.45) is 0 Å². The van der Waals surface area contributed by atoms with Gasteiger partial charge in [-0.2, -0.15) is 5.26 Å². The molecule has 0 spiro atoms. The van der Waals surface area contributed by atoms with Crippen molar-refractivity contribution in [3.05, 3.63) is 23.5 Å². The highest BCUT2D eigenvalue weighted by molar-refractivity contribution is 5.99. The van der Waals surface area contributed by atoms with Crippen molar-refractivity contribution in [2.75, 3.05) is 38.7 Å². The molecule has 21 heavy (non-hydrogen) atoms. The van der Waals surface area contributed by atoms with Crippen molar-refractivity contribution in [3.8, 4) is 6.07 Å². The Labute approximate surface area is 125 Å². The molecule has 0 saturated carbocycles. The molecule has 0 aliphatic heterocycles. The third-order valence-corrected chi connectivity index (χ3v) is 2.98. The van der Waals surface area contributed by atoms with E-state index in [2.05, 4.69) is 16.4 Å². The molecule has 6 heteroatoms. The van der Waals surface area contributed by atoms with Crippen LogP contribution in [0.15, 0.2) is 12.3 Å². The molecule has 1 N–H and O–H groups in total. The molecule has 0 aliphatic rings. The number of anilines is 1. The zero-order chi connectivity index (χ0) is 15.7. The maximum absolute atomic E-state index is 12.6. The second kappa shape index (κ2) is 8.93. The number of aromatic nitrogens is 1. The van der Waals surface area contributed by atoms with Crippen molar-refractivity contribution >= 4 is 11.6 Å². The molecule has 0 aliphatic carbocycles. The Hall–Kier alpha value is -2.13. The topological polar surface area (TPSA) is 78.3 Å². The summed E-state index contributed by atoms with van der Waals surface area (Å²) in [5.74, 6) is -0.134. The van der Waals surface area contributed by atoms with Gasteiger partial charge in [0, 0.05) is 38.6 Å². The van der Waals surface area contributed by atoms with Gasteiger partial charge in [-0.05, 0) is 19.9 Å². The van der Waals surface area contributed by atoms with E-state index in [-0.39, 0.29) is 5.91 Å². The van der Waals surface area contributed by atoms with Crippen molar-refractivity contribution in [1.29, 1.82) is 5.26 Å². The normalized spacial score (nSPS) is 10.0. The quantitative estimate of drug-likeness (QED) is 0.790. The third-order valence-electron chi connectivity index (χ3n) is 2.98. The first kappa shape index (κ1) is 16.9. The summed E-state index contributed by atoms with van der Waals surface area (Å²) in [6.07, 6.45) is 1.88. The summed E-state index contributed by atoms with van der Waals surface area (Å²) >= 11 is 0. The predicted molar refractivity (Wildman–Crippen MR) is 81.1 cm³/mol. The molecular formula is C15H22N4O2. The smallest absolute Gasteiger partial charge is 0.257 e. The molecule has 1 rings (SSSR count).